The van der Waals surface area contributed by atoms with Gasteiger partial charge in [-0.25, -0.2) is 0 Å². The molecule has 4 aromatic carbocycles. The Labute approximate surface area is 265 Å². The standard InChI is InChI=1S/2C17H16S2.Ni/c2*1-2-6-13-9-11-15(12-10-13)17(19)16(18)14-7-4-3-5-8-14;/h2*3-5,7-12H,2,6H2,1H3;. The van der Waals surface area contributed by atoms with Gasteiger partial charge in [0, 0.05) is 16.5 Å². The van der Waals surface area contributed by atoms with Crippen LogP contribution in [-0.2, 0) is 29.3 Å². The molecule has 0 fully saturated rings. The molecule has 0 spiro atoms. The predicted octanol–water partition coefficient (Wildman–Crippen LogP) is 9.55. The van der Waals surface area contributed by atoms with Gasteiger partial charge in [-0.15, -0.1) is 0 Å². The molecule has 0 radical (unpaired) electrons. The molecule has 0 amide bonds. The smallest absolute Gasteiger partial charge is 0.0636 e. The van der Waals surface area contributed by atoms with E-state index in [2.05, 4.69) is 62.4 Å². The van der Waals surface area contributed by atoms with Crippen LogP contribution < -0.4 is 0 Å². The van der Waals surface area contributed by atoms with Crippen molar-refractivity contribution in [1.29, 1.82) is 0 Å². The molecule has 0 N–H and O–H groups in total. The third-order valence-electron chi connectivity index (χ3n) is 5.99. The van der Waals surface area contributed by atoms with Crippen molar-refractivity contribution in [1.82, 2.24) is 0 Å². The van der Waals surface area contributed by atoms with E-state index in [-0.39, 0.29) is 16.5 Å². The molecule has 202 valence electrons. The summed E-state index contributed by atoms with van der Waals surface area (Å²) in [5.41, 5.74) is 6.78. The van der Waals surface area contributed by atoms with Crippen molar-refractivity contribution >= 4 is 68.3 Å². The van der Waals surface area contributed by atoms with Gasteiger partial charge in [-0.2, -0.15) is 0 Å². The molecule has 0 aliphatic carbocycles. The zero-order valence-corrected chi connectivity index (χ0v) is 26.4. The van der Waals surface area contributed by atoms with E-state index >= 15 is 0 Å². The number of hydrogen-bond donors (Lipinski definition) is 0. The normalized spacial score (nSPS) is 9.90. The van der Waals surface area contributed by atoms with E-state index in [1.165, 1.54) is 11.1 Å². The van der Waals surface area contributed by atoms with Gasteiger partial charge < -0.3 is 0 Å². The van der Waals surface area contributed by atoms with Crippen LogP contribution in [0.1, 0.15) is 60.1 Å². The number of benzene rings is 4. The van der Waals surface area contributed by atoms with Crippen LogP contribution in [0.25, 0.3) is 0 Å². The summed E-state index contributed by atoms with van der Waals surface area (Å²) in [7, 11) is 0. The van der Waals surface area contributed by atoms with Gasteiger partial charge in [0.2, 0.25) is 0 Å². The van der Waals surface area contributed by atoms with Gasteiger partial charge in [-0.3, -0.25) is 0 Å². The fourth-order valence-corrected chi connectivity index (χ4v) is 4.94. The Morgan fingerprint density at radius 1 is 0.410 bits per heavy atom. The first kappa shape index (κ1) is 32.9. The molecule has 0 nitrogen and oxygen atoms in total. The van der Waals surface area contributed by atoms with E-state index in [1.54, 1.807) is 0 Å². The zero-order chi connectivity index (χ0) is 27.3. The molecular weight excluding hydrogens is 595 g/mol. The van der Waals surface area contributed by atoms with Crippen molar-refractivity contribution in [2.45, 2.75) is 39.5 Å². The van der Waals surface area contributed by atoms with Crippen molar-refractivity contribution in [3.63, 3.8) is 0 Å². The van der Waals surface area contributed by atoms with Gasteiger partial charge in [0.15, 0.2) is 0 Å². The van der Waals surface area contributed by atoms with E-state index < -0.39 is 0 Å². The third-order valence-corrected chi connectivity index (χ3v) is 8.01. The first-order valence-electron chi connectivity index (χ1n) is 12.9. The minimum atomic E-state index is 0. The van der Waals surface area contributed by atoms with Crippen LogP contribution in [0, 0.1) is 0 Å². The quantitative estimate of drug-likeness (QED) is 0.0976. The van der Waals surface area contributed by atoms with Gasteiger partial charge in [-0.1, -0.05) is 185 Å². The summed E-state index contributed by atoms with van der Waals surface area (Å²) in [5, 5.41) is 0. The van der Waals surface area contributed by atoms with Gasteiger partial charge in [0.25, 0.3) is 0 Å². The molecule has 0 aromatic heterocycles. The second-order valence-electron chi connectivity index (χ2n) is 8.94. The SMILES string of the molecule is CCCc1ccc(C(=S)C(=S)c2ccccc2)cc1.CCCc1ccc(C(=S)C(=S)c2ccccc2)cc1.[Ni]. The average Bonchev–Trinajstić information content (AvgIpc) is 2.98. The topological polar surface area (TPSA) is 0 Å². The minimum Gasteiger partial charge on any atom is -0.0778 e. The van der Waals surface area contributed by atoms with Crippen molar-refractivity contribution < 1.29 is 16.5 Å². The Hall–Kier alpha value is -2.27. The van der Waals surface area contributed by atoms with Crippen molar-refractivity contribution in [2.75, 3.05) is 0 Å². The molecule has 0 heterocycles. The fourth-order valence-electron chi connectivity index (χ4n) is 3.93. The number of aryl methyl sites for hydroxylation is 2. The van der Waals surface area contributed by atoms with Crippen LogP contribution >= 0.6 is 48.9 Å². The third kappa shape index (κ3) is 10.0. The zero-order valence-electron chi connectivity index (χ0n) is 22.2. The maximum absolute atomic E-state index is 5.49. The van der Waals surface area contributed by atoms with Crippen LogP contribution in [0.15, 0.2) is 109 Å². The summed E-state index contributed by atoms with van der Waals surface area (Å²) >= 11 is 21.9. The first-order valence-corrected chi connectivity index (χ1v) is 14.5. The maximum atomic E-state index is 5.49. The second kappa shape index (κ2) is 17.4. The molecule has 0 atom stereocenters. The summed E-state index contributed by atoms with van der Waals surface area (Å²) < 4.78 is 0. The van der Waals surface area contributed by atoms with Crippen LogP contribution in [0.2, 0.25) is 0 Å². The summed E-state index contributed by atoms with van der Waals surface area (Å²) in [6, 6.07) is 36.7. The Kier molecular flexibility index (Phi) is 14.7. The Morgan fingerprint density at radius 2 is 0.667 bits per heavy atom. The molecule has 0 unspecified atom stereocenters. The number of hydrogen-bond acceptors (Lipinski definition) is 4. The Bertz CT molecular complexity index is 1250. The average molecular weight is 628 g/mol. The molecule has 4 rings (SSSR count). The molecule has 0 saturated carbocycles. The first-order chi connectivity index (χ1) is 18.4. The molecule has 39 heavy (non-hydrogen) atoms. The van der Waals surface area contributed by atoms with Crippen molar-refractivity contribution in [2.24, 2.45) is 0 Å². The van der Waals surface area contributed by atoms with Crippen LogP contribution in [-0.4, -0.2) is 19.5 Å². The van der Waals surface area contributed by atoms with Crippen molar-refractivity contribution in [3.8, 4) is 0 Å². The largest absolute Gasteiger partial charge is 0.0778 e. The second-order valence-corrected chi connectivity index (χ2v) is 10.6. The van der Waals surface area contributed by atoms with Gasteiger partial charge >= 0.3 is 0 Å². The summed E-state index contributed by atoms with van der Waals surface area (Å²) in [6.45, 7) is 4.37. The molecule has 4 aromatic rings. The Balaban J connectivity index is 0.000000267. The monoisotopic (exact) mass is 626 g/mol. The minimum absolute atomic E-state index is 0. The van der Waals surface area contributed by atoms with Crippen LogP contribution in [0.5, 0.6) is 0 Å². The molecule has 0 bridgehead atoms. The van der Waals surface area contributed by atoms with Gasteiger partial charge in [0.1, 0.15) is 0 Å². The van der Waals surface area contributed by atoms with E-state index in [9.17, 15) is 0 Å². The van der Waals surface area contributed by atoms with Crippen LogP contribution in [0.4, 0.5) is 0 Å². The maximum Gasteiger partial charge on any atom is 0.0636 e. The van der Waals surface area contributed by atoms with Crippen molar-refractivity contribution in [3.05, 3.63) is 143 Å². The summed E-state index contributed by atoms with van der Waals surface area (Å²) in [4.78, 5) is 3.01. The molecule has 0 aliphatic rings. The molecule has 5 heteroatoms. The van der Waals surface area contributed by atoms with E-state index in [0.717, 1.165) is 67.4 Å². The molecular formula is C34H32NiS4. The molecule has 0 aliphatic heterocycles. The number of rotatable bonds is 10. The Morgan fingerprint density at radius 3 is 0.923 bits per heavy atom. The van der Waals surface area contributed by atoms with E-state index in [4.69, 9.17) is 48.9 Å². The number of thiocarbonyl (C=S) groups is 4. The summed E-state index contributed by atoms with van der Waals surface area (Å²) in [5.74, 6) is 0. The van der Waals surface area contributed by atoms with Gasteiger partial charge in [0.05, 0.1) is 19.5 Å². The summed E-state index contributed by atoms with van der Waals surface area (Å²) in [6.07, 6.45) is 4.53. The van der Waals surface area contributed by atoms with E-state index in [0.29, 0.717) is 0 Å². The van der Waals surface area contributed by atoms with E-state index in [1.807, 2.05) is 60.7 Å². The fraction of sp³-hybridized carbons (Fsp3) is 0.176. The predicted molar refractivity (Wildman–Crippen MR) is 181 cm³/mol. The van der Waals surface area contributed by atoms with Crippen LogP contribution in [0.3, 0.4) is 0 Å². The van der Waals surface area contributed by atoms with Gasteiger partial charge in [-0.05, 0) is 46.2 Å². The molecule has 0 saturated heterocycles.